The van der Waals surface area contributed by atoms with Crippen LogP contribution in [-0.2, 0) is 39.9 Å². The first kappa shape index (κ1) is 31.3. The maximum atomic E-state index is 12.9. The van der Waals surface area contributed by atoms with Gasteiger partial charge in [-0.25, -0.2) is 14.4 Å². The topological polar surface area (TPSA) is 110 Å². The van der Waals surface area contributed by atoms with E-state index in [4.69, 9.17) is 9.94 Å². The molecular weight excluding hydrogens is 586 g/mol. The molecule has 1 amide bonds. The first-order chi connectivity index (χ1) is 22.1. The summed E-state index contributed by atoms with van der Waals surface area (Å²) in [5.74, 6) is -0.546. The maximum Gasteiger partial charge on any atom is 0.267 e. The second kappa shape index (κ2) is 15.1. The van der Waals surface area contributed by atoms with E-state index >= 15 is 0 Å². The van der Waals surface area contributed by atoms with Crippen LogP contribution >= 0.6 is 0 Å². The summed E-state index contributed by atoms with van der Waals surface area (Å²) < 4.78 is 21.5. The number of aromatic amines is 1. The normalized spacial score (nSPS) is 17.7. The van der Waals surface area contributed by atoms with Gasteiger partial charge in [0.15, 0.2) is 0 Å². The van der Waals surface area contributed by atoms with Gasteiger partial charge in [-0.05, 0) is 71.4 Å². The minimum atomic E-state index is -1.25. The van der Waals surface area contributed by atoms with Crippen molar-refractivity contribution in [2.75, 3.05) is 45.9 Å². The molecule has 1 aromatic heterocycles. The molecule has 9 nitrogen and oxygen atoms in total. The van der Waals surface area contributed by atoms with Crippen LogP contribution in [0.3, 0.4) is 0 Å². The highest BCUT2D eigenvalue weighted by atomic mass is 32.2. The third-order valence-electron chi connectivity index (χ3n) is 8.82. The number of para-hydroxylation sites is 1. The minimum Gasteiger partial charge on any atom is -0.379 e. The molecule has 3 aromatic carbocycles. The number of hydrogen-bond acceptors (Lipinski definition) is 6. The molecule has 0 bridgehead atoms. The highest BCUT2D eigenvalue weighted by molar-refractivity contribution is 7.83. The molecule has 2 unspecified atom stereocenters. The standard InChI is InChI=1S/C35H41N5O4S/c41-35(38-42)14-8-26-7-12-32-28(23-26)9-13-34(32)40(17-15-29-24-36-33-4-2-1-3-31(29)33)25-27-5-10-30(11-6-27)45(43)37-16-18-39-19-21-44-22-20-39/h1-8,10-12,14,23-24,34,36-37,42H,9,13,15-22,25H2,(H,38,41)/b14-8+. The molecule has 1 aliphatic heterocycles. The quantitative estimate of drug-likeness (QED) is 0.0997. The van der Waals surface area contributed by atoms with Crippen LogP contribution in [0.2, 0.25) is 0 Å². The molecule has 1 saturated heterocycles. The van der Waals surface area contributed by atoms with E-state index in [0.717, 1.165) is 81.2 Å². The van der Waals surface area contributed by atoms with Gasteiger partial charge in [-0.1, -0.05) is 48.5 Å². The van der Waals surface area contributed by atoms with Gasteiger partial charge in [0, 0.05) is 68.5 Å². The van der Waals surface area contributed by atoms with E-state index in [-0.39, 0.29) is 6.04 Å². The van der Waals surface area contributed by atoms with Gasteiger partial charge in [0.05, 0.1) is 18.1 Å². The molecule has 4 N–H and O–H groups in total. The molecule has 2 atom stereocenters. The van der Waals surface area contributed by atoms with Gasteiger partial charge in [0.25, 0.3) is 5.91 Å². The number of fused-ring (bicyclic) bond motifs is 2. The Morgan fingerprint density at radius 2 is 1.93 bits per heavy atom. The number of nitrogens with zero attached hydrogens (tertiary/aromatic N) is 2. The third-order valence-corrected chi connectivity index (χ3v) is 9.99. The first-order valence-corrected chi connectivity index (χ1v) is 16.8. The van der Waals surface area contributed by atoms with Crippen molar-refractivity contribution in [3.63, 3.8) is 0 Å². The molecule has 0 spiro atoms. The minimum absolute atomic E-state index is 0.264. The monoisotopic (exact) mass is 627 g/mol. The lowest BCUT2D eigenvalue weighted by atomic mass is 10.0. The fourth-order valence-electron chi connectivity index (χ4n) is 6.41. The summed E-state index contributed by atoms with van der Waals surface area (Å²) in [6.07, 6.45) is 8.08. The lowest BCUT2D eigenvalue weighted by Gasteiger charge is -2.30. The summed E-state index contributed by atoms with van der Waals surface area (Å²) in [6, 6.07) is 23.2. The number of nitrogens with one attached hydrogen (secondary N) is 3. The number of rotatable bonds is 13. The molecule has 1 fully saturated rings. The van der Waals surface area contributed by atoms with E-state index in [9.17, 15) is 9.00 Å². The maximum absolute atomic E-state index is 12.9. The zero-order valence-corrected chi connectivity index (χ0v) is 26.2. The van der Waals surface area contributed by atoms with Gasteiger partial charge < -0.3 is 9.72 Å². The van der Waals surface area contributed by atoms with Crippen molar-refractivity contribution in [2.45, 2.75) is 36.7 Å². The largest absolute Gasteiger partial charge is 0.379 e. The molecule has 10 heteroatoms. The number of hydroxylamine groups is 1. The van der Waals surface area contributed by atoms with Gasteiger partial charge in [-0.2, -0.15) is 0 Å². The number of H-pyrrole nitrogens is 1. The summed E-state index contributed by atoms with van der Waals surface area (Å²) in [6.45, 7) is 6.57. The van der Waals surface area contributed by atoms with Crippen LogP contribution in [0.1, 0.15) is 40.3 Å². The van der Waals surface area contributed by atoms with Gasteiger partial charge in [-0.3, -0.25) is 19.8 Å². The Hall–Kier alpha value is -3.64. The number of carbonyl (C=O) groups is 1. The SMILES string of the molecule is O=C(/C=C/c1ccc2c(c1)CCC2N(CCc1c[nH]c2ccccc12)Cc1ccc(S(=O)NCCN2CCOCC2)cc1)NO. The smallest absolute Gasteiger partial charge is 0.267 e. The van der Waals surface area contributed by atoms with Crippen LogP contribution in [0.5, 0.6) is 0 Å². The van der Waals surface area contributed by atoms with E-state index in [2.05, 4.69) is 74.2 Å². The number of ether oxygens (including phenoxy) is 1. The van der Waals surface area contributed by atoms with Crippen molar-refractivity contribution in [2.24, 2.45) is 0 Å². The lowest BCUT2D eigenvalue weighted by molar-refractivity contribution is -0.124. The van der Waals surface area contributed by atoms with Crippen molar-refractivity contribution < 1.29 is 18.9 Å². The number of hydrogen-bond donors (Lipinski definition) is 4. The zero-order chi connectivity index (χ0) is 31.0. The second-order valence-corrected chi connectivity index (χ2v) is 13.0. The van der Waals surface area contributed by atoms with E-state index < -0.39 is 16.9 Å². The van der Waals surface area contributed by atoms with Crippen molar-refractivity contribution in [3.05, 3.63) is 107 Å². The van der Waals surface area contributed by atoms with Crippen molar-refractivity contribution in [1.29, 1.82) is 0 Å². The molecular formula is C35H41N5O4S. The summed E-state index contributed by atoms with van der Waals surface area (Å²) in [5.41, 5.74) is 8.84. The van der Waals surface area contributed by atoms with Gasteiger partial charge in [0.2, 0.25) is 0 Å². The fourth-order valence-corrected chi connectivity index (χ4v) is 7.24. The van der Waals surface area contributed by atoms with Crippen molar-refractivity contribution in [3.8, 4) is 0 Å². The van der Waals surface area contributed by atoms with Crippen LogP contribution in [0.25, 0.3) is 17.0 Å². The van der Waals surface area contributed by atoms with Crippen LogP contribution in [0.15, 0.2) is 83.9 Å². The van der Waals surface area contributed by atoms with Crippen molar-refractivity contribution in [1.82, 2.24) is 25.0 Å². The summed E-state index contributed by atoms with van der Waals surface area (Å²) in [7, 11) is -1.25. The van der Waals surface area contributed by atoms with Crippen LogP contribution in [0.4, 0.5) is 0 Å². The highest BCUT2D eigenvalue weighted by Gasteiger charge is 2.28. The summed E-state index contributed by atoms with van der Waals surface area (Å²) >= 11 is 0. The molecule has 0 radical (unpaired) electrons. The first-order valence-electron chi connectivity index (χ1n) is 15.7. The van der Waals surface area contributed by atoms with E-state index in [1.165, 1.54) is 33.7 Å². The predicted molar refractivity (Wildman–Crippen MR) is 177 cm³/mol. The van der Waals surface area contributed by atoms with Crippen LogP contribution in [-0.4, -0.2) is 76.0 Å². The zero-order valence-electron chi connectivity index (χ0n) is 25.4. The molecule has 1 aliphatic carbocycles. The average Bonchev–Trinajstić information content (AvgIpc) is 3.70. The Labute approximate surface area is 266 Å². The number of amides is 1. The summed E-state index contributed by atoms with van der Waals surface area (Å²) in [4.78, 5) is 20.6. The Morgan fingerprint density at radius 1 is 1.11 bits per heavy atom. The Bertz CT molecular complexity index is 1650. The van der Waals surface area contributed by atoms with Gasteiger partial charge in [-0.15, -0.1) is 0 Å². The molecule has 236 valence electrons. The number of morpholine rings is 1. The van der Waals surface area contributed by atoms with Crippen molar-refractivity contribution >= 4 is 33.9 Å². The van der Waals surface area contributed by atoms with Gasteiger partial charge in [0.1, 0.15) is 11.0 Å². The molecule has 2 aliphatic rings. The van der Waals surface area contributed by atoms with Gasteiger partial charge >= 0.3 is 0 Å². The second-order valence-electron chi connectivity index (χ2n) is 11.7. The van der Waals surface area contributed by atoms with Crippen LogP contribution < -0.4 is 10.2 Å². The highest BCUT2D eigenvalue weighted by Crippen LogP contribution is 2.37. The Balaban J connectivity index is 1.15. The van der Waals surface area contributed by atoms with E-state index in [1.807, 2.05) is 18.2 Å². The average molecular weight is 628 g/mol. The third kappa shape index (κ3) is 7.96. The molecule has 2 heterocycles. The number of benzene rings is 3. The molecule has 0 saturated carbocycles. The Morgan fingerprint density at radius 3 is 2.76 bits per heavy atom. The summed E-state index contributed by atoms with van der Waals surface area (Å²) in [5, 5.41) is 10.1. The fraction of sp³-hybridized carbons (Fsp3) is 0.343. The van der Waals surface area contributed by atoms with Crippen LogP contribution in [0, 0.1) is 0 Å². The molecule has 4 aromatic rings. The molecule has 45 heavy (non-hydrogen) atoms. The predicted octanol–water partition coefficient (Wildman–Crippen LogP) is 4.36. The van der Waals surface area contributed by atoms with E-state index in [0.29, 0.717) is 6.54 Å². The molecule has 6 rings (SSSR count). The Kier molecular flexibility index (Phi) is 10.5. The number of aryl methyl sites for hydroxylation is 1. The van der Waals surface area contributed by atoms with E-state index in [1.54, 1.807) is 11.6 Å². The number of aromatic nitrogens is 1. The number of carbonyl (C=O) groups excluding carboxylic acids is 1. The lowest BCUT2D eigenvalue weighted by Crippen LogP contribution is -2.40.